The maximum Gasteiger partial charge on any atom is 0.336 e. The summed E-state index contributed by atoms with van der Waals surface area (Å²) in [6.45, 7) is 0. The third-order valence-electron chi connectivity index (χ3n) is 2.99. The Hall–Kier alpha value is -3.59. The van der Waals surface area contributed by atoms with Crippen molar-refractivity contribution in [1.82, 2.24) is 0 Å². The fraction of sp³-hybridized carbons (Fsp3) is 0. The smallest absolute Gasteiger partial charge is 0.336 e. The number of hydrogen-bond donors (Lipinski definition) is 3. The van der Waals surface area contributed by atoms with Crippen LogP contribution in [0.4, 0.5) is 0 Å². The Labute approximate surface area is 130 Å². The van der Waals surface area contributed by atoms with E-state index in [9.17, 15) is 14.4 Å². The van der Waals surface area contributed by atoms with Crippen molar-refractivity contribution in [2.75, 3.05) is 0 Å². The number of carboxylic acid groups (broad SMARTS) is 3. The van der Waals surface area contributed by atoms with Crippen molar-refractivity contribution in [1.29, 1.82) is 0 Å². The zero-order valence-electron chi connectivity index (χ0n) is 11.6. The largest absolute Gasteiger partial charge is 0.478 e. The van der Waals surface area contributed by atoms with Gasteiger partial charge in [0.2, 0.25) is 0 Å². The molecule has 3 N–H and O–H groups in total. The van der Waals surface area contributed by atoms with Crippen molar-refractivity contribution < 1.29 is 29.7 Å². The van der Waals surface area contributed by atoms with Gasteiger partial charge in [-0.05, 0) is 30.3 Å². The van der Waals surface area contributed by atoms with Gasteiger partial charge in [-0.3, -0.25) is 0 Å². The first-order chi connectivity index (χ1) is 10.9. The molecule has 0 radical (unpaired) electrons. The Morgan fingerprint density at radius 3 is 1.87 bits per heavy atom. The average molecular weight is 310 g/mol. The van der Waals surface area contributed by atoms with E-state index in [4.69, 9.17) is 15.3 Å². The van der Waals surface area contributed by atoms with Gasteiger partial charge in [0, 0.05) is 11.1 Å². The predicted octanol–water partition coefficient (Wildman–Crippen LogP) is 2.18. The van der Waals surface area contributed by atoms with Crippen LogP contribution >= 0.6 is 0 Å². The molecule has 0 bridgehead atoms. The number of benzene rings is 2. The molecule has 0 amide bonds. The maximum absolute atomic E-state index is 11.2. The fourth-order valence-electron chi connectivity index (χ4n) is 1.88. The molecule has 0 saturated heterocycles. The van der Waals surface area contributed by atoms with Crippen molar-refractivity contribution in [2.45, 2.75) is 0 Å². The molecule has 0 aliphatic heterocycles. The fourth-order valence-corrected chi connectivity index (χ4v) is 1.88. The van der Waals surface area contributed by atoms with Crippen LogP contribution < -0.4 is 0 Å². The topological polar surface area (TPSA) is 112 Å². The van der Waals surface area contributed by atoms with Crippen LogP contribution in [0.15, 0.2) is 42.5 Å². The Morgan fingerprint density at radius 1 is 0.696 bits per heavy atom. The van der Waals surface area contributed by atoms with Crippen LogP contribution in [0.5, 0.6) is 0 Å². The summed E-state index contributed by atoms with van der Waals surface area (Å²) < 4.78 is 0. The van der Waals surface area contributed by atoms with Gasteiger partial charge in [0.25, 0.3) is 0 Å². The Bertz CT molecular complexity index is 870. The molecule has 2 aromatic carbocycles. The first kappa shape index (κ1) is 15.8. The Kier molecular flexibility index (Phi) is 4.43. The third kappa shape index (κ3) is 3.54. The summed E-state index contributed by atoms with van der Waals surface area (Å²) in [6, 6.07) is 9.46. The highest BCUT2D eigenvalue weighted by Crippen LogP contribution is 2.13. The average Bonchev–Trinajstić information content (AvgIpc) is 2.52. The predicted molar refractivity (Wildman–Crippen MR) is 79.7 cm³/mol. The summed E-state index contributed by atoms with van der Waals surface area (Å²) in [5.41, 5.74) is -0.0814. The number of carbonyl (C=O) groups is 3. The highest BCUT2D eigenvalue weighted by atomic mass is 16.4. The van der Waals surface area contributed by atoms with E-state index in [1.807, 2.05) is 0 Å². The quantitative estimate of drug-likeness (QED) is 0.749. The number of hydrogen-bond acceptors (Lipinski definition) is 3. The van der Waals surface area contributed by atoms with Gasteiger partial charge in [-0.2, -0.15) is 0 Å². The minimum atomic E-state index is -1.25. The second-order valence-electron chi connectivity index (χ2n) is 4.47. The second-order valence-corrected chi connectivity index (χ2v) is 4.47. The van der Waals surface area contributed by atoms with Gasteiger partial charge in [-0.15, -0.1) is 0 Å². The van der Waals surface area contributed by atoms with Crippen molar-refractivity contribution in [3.8, 4) is 11.8 Å². The van der Waals surface area contributed by atoms with Gasteiger partial charge in [0.15, 0.2) is 0 Å². The first-order valence-corrected chi connectivity index (χ1v) is 6.35. The van der Waals surface area contributed by atoms with E-state index in [1.165, 1.54) is 18.2 Å². The molecule has 6 nitrogen and oxygen atoms in total. The summed E-state index contributed by atoms with van der Waals surface area (Å²) in [7, 11) is 0. The van der Waals surface area contributed by atoms with E-state index < -0.39 is 17.9 Å². The van der Waals surface area contributed by atoms with Crippen molar-refractivity contribution in [3.05, 3.63) is 70.3 Å². The van der Waals surface area contributed by atoms with Crippen LogP contribution in [-0.4, -0.2) is 33.2 Å². The standard InChI is InChI=1S/C17H10O6/c18-15(19)12-7-8-14(17(22)23)11(9-12)6-5-10-3-1-2-4-13(10)16(20)21/h1-4,7-9H,(H,18,19)(H,20,21)(H,22,23). The van der Waals surface area contributed by atoms with Crippen LogP contribution in [0.25, 0.3) is 0 Å². The van der Waals surface area contributed by atoms with E-state index in [0.29, 0.717) is 0 Å². The van der Waals surface area contributed by atoms with E-state index in [-0.39, 0.29) is 27.8 Å². The molecule has 0 saturated carbocycles. The summed E-state index contributed by atoms with van der Waals surface area (Å²) >= 11 is 0. The first-order valence-electron chi connectivity index (χ1n) is 6.35. The number of carboxylic acids is 3. The van der Waals surface area contributed by atoms with Crippen molar-refractivity contribution in [2.24, 2.45) is 0 Å². The van der Waals surface area contributed by atoms with Gasteiger partial charge in [0.05, 0.1) is 16.7 Å². The van der Waals surface area contributed by atoms with Crippen LogP contribution in [0.3, 0.4) is 0 Å². The van der Waals surface area contributed by atoms with Crippen LogP contribution in [0.1, 0.15) is 42.2 Å². The van der Waals surface area contributed by atoms with Crippen LogP contribution in [0.2, 0.25) is 0 Å². The highest BCUT2D eigenvalue weighted by molar-refractivity contribution is 5.95. The van der Waals surface area contributed by atoms with Gasteiger partial charge in [0.1, 0.15) is 0 Å². The molecule has 0 atom stereocenters. The van der Waals surface area contributed by atoms with E-state index in [2.05, 4.69) is 11.8 Å². The molecule has 0 spiro atoms. The molecule has 0 heterocycles. The van der Waals surface area contributed by atoms with E-state index >= 15 is 0 Å². The van der Waals surface area contributed by atoms with Crippen molar-refractivity contribution >= 4 is 17.9 Å². The SMILES string of the molecule is O=C(O)c1ccc(C(=O)O)c(C#Cc2ccccc2C(=O)O)c1. The lowest BCUT2D eigenvalue weighted by molar-refractivity contribution is 0.0681. The molecule has 0 aliphatic carbocycles. The van der Waals surface area contributed by atoms with Gasteiger partial charge in [-0.25, -0.2) is 14.4 Å². The zero-order valence-corrected chi connectivity index (χ0v) is 11.6. The molecular weight excluding hydrogens is 300 g/mol. The number of aromatic carboxylic acids is 3. The molecule has 6 heteroatoms. The maximum atomic E-state index is 11.2. The molecule has 0 unspecified atom stereocenters. The van der Waals surface area contributed by atoms with Crippen molar-refractivity contribution in [3.63, 3.8) is 0 Å². The lowest BCUT2D eigenvalue weighted by Crippen LogP contribution is -2.04. The molecule has 2 aromatic rings. The molecule has 0 fully saturated rings. The molecule has 114 valence electrons. The Balaban J connectivity index is 2.57. The molecule has 0 aromatic heterocycles. The zero-order chi connectivity index (χ0) is 17.0. The van der Waals surface area contributed by atoms with Crippen LogP contribution in [-0.2, 0) is 0 Å². The number of rotatable bonds is 3. The summed E-state index contributed by atoms with van der Waals surface area (Å²) in [5, 5.41) is 27.2. The Morgan fingerprint density at radius 2 is 1.26 bits per heavy atom. The minimum absolute atomic E-state index is 0.00223. The summed E-state index contributed by atoms with van der Waals surface area (Å²) in [4.78, 5) is 33.3. The second kappa shape index (κ2) is 6.45. The summed E-state index contributed by atoms with van der Waals surface area (Å²) in [5.74, 6) is 1.51. The molecule has 2 rings (SSSR count). The third-order valence-corrected chi connectivity index (χ3v) is 2.99. The highest BCUT2D eigenvalue weighted by Gasteiger charge is 2.12. The van der Waals surface area contributed by atoms with E-state index in [1.54, 1.807) is 12.1 Å². The lowest BCUT2D eigenvalue weighted by atomic mass is 10.0. The van der Waals surface area contributed by atoms with Crippen LogP contribution in [0, 0.1) is 11.8 Å². The van der Waals surface area contributed by atoms with Gasteiger partial charge < -0.3 is 15.3 Å². The van der Waals surface area contributed by atoms with E-state index in [0.717, 1.165) is 12.1 Å². The molecular formula is C17H10O6. The van der Waals surface area contributed by atoms with Gasteiger partial charge >= 0.3 is 17.9 Å². The van der Waals surface area contributed by atoms with Gasteiger partial charge in [-0.1, -0.05) is 24.0 Å². The molecule has 0 aliphatic rings. The minimum Gasteiger partial charge on any atom is -0.478 e. The normalized spacial score (nSPS) is 9.57. The lowest BCUT2D eigenvalue weighted by Gasteiger charge is -2.01. The molecule has 23 heavy (non-hydrogen) atoms. The monoisotopic (exact) mass is 310 g/mol. The summed E-state index contributed by atoms with van der Waals surface area (Å²) in [6.07, 6.45) is 0.